The van der Waals surface area contributed by atoms with Crippen molar-refractivity contribution in [3.63, 3.8) is 0 Å². The van der Waals surface area contributed by atoms with Gasteiger partial charge in [0.25, 0.3) is 0 Å². The molecule has 0 aromatic carbocycles. The average molecular weight is 313 g/mol. The first-order valence-corrected chi connectivity index (χ1v) is 8.59. The molecule has 7 heteroatoms. The lowest BCUT2D eigenvalue weighted by molar-refractivity contribution is -0.122. The molecule has 0 aromatic heterocycles. The Kier molecular flexibility index (Phi) is 8.61. The number of carbonyl (C=O) groups is 1. The summed E-state index contributed by atoms with van der Waals surface area (Å²) in [5.74, 6) is 0.866. The third-order valence-electron chi connectivity index (χ3n) is 3.44. The van der Waals surface area contributed by atoms with Crippen LogP contribution in [0.15, 0.2) is 0 Å². The zero-order chi connectivity index (χ0) is 13.6. The van der Waals surface area contributed by atoms with Crippen LogP contribution in [0.4, 0.5) is 0 Å². The van der Waals surface area contributed by atoms with E-state index < -0.39 is 9.84 Å². The van der Waals surface area contributed by atoms with Gasteiger partial charge in [-0.15, -0.1) is 12.4 Å². The zero-order valence-electron chi connectivity index (χ0n) is 11.6. The maximum absolute atomic E-state index is 11.7. The van der Waals surface area contributed by atoms with Gasteiger partial charge in [-0.05, 0) is 37.8 Å². The molecule has 0 aliphatic carbocycles. The summed E-state index contributed by atoms with van der Waals surface area (Å²) in [4.78, 5) is 11.7. The highest BCUT2D eigenvalue weighted by atomic mass is 35.5. The number of hydrogen-bond donors (Lipinski definition) is 2. The van der Waals surface area contributed by atoms with Gasteiger partial charge in [0.1, 0.15) is 9.84 Å². The van der Waals surface area contributed by atoms with Crippen molar-refractivity contribution in [2.24, 2.45) is 11.8 Å². The van der Waals surface area contributed by atoms with E-state index in [0.717, 1.165) is 13.1 Å². The Morgan fingerprint density at radius 3 is 2.68 bits per heavy atom. The normalized spacial score (nSPS) is 21.3. The fraction of sp³-hybridized carbons (Fsp3) is 0.917. The lowest BCUT2D eigenvalue weighted by Crippen LogP contribution is -2.36. The predicted octanol–water partition coefficient (Wildman–Crippen LogP) is 0.595. The number of halogens is 1. The summed E-state index contributed by atoms with van der Waals surface area (Å²) in [6.45, 7) is 4.36. The Hall–Kier alpha value is -0.330. The Morgan fingerprint density at radius 2 is 2.16 bits per heavy atom. The molecule has 1 aliphatic rings. The highest BCUT2D eigenvalue weighted by Crippen LogP contribution is 2.22. The first kappa shape index (κ1) is 18.7. The van der Waals surface area contributed by atoms with Crippen molar-refractivity contribution in [2.75, 3.05) is 31.6 Å². The molecule has 1 aliphatic heterocycles. The molecule has 0 bridgehead atoms. The average Bonchev–Trinajstić information content (AvgIpc) is 2.28. The minimum Gasteiger partial charge on any atom is -0.355 e. The van der Waals surface area contributed by atoms with Crippen LogP contribution in [0.3, 0.4) is 0 Å². The van der Waals surface area contributed by atoms with Crippen molar-refractivity contribution in [3.8, 4) is 0 Å². The molecule has 19 heavy (non-hydrogen) atoms. The number of sulfone groups is 1. The largest absolute Gasteiger partial charge is 0.355 e. The Bertz CT molecular complexity index is 367. The number of nitrogens with one attached hydrogen (secondary N) is 2. The maximum Gasteiger partial charge on any atom is 0.220 e. The first-order chi connectivity index (χ1) is 8.38. The van der Waals surface area contributed by atoms with Gasteiger partial charge in [-0.25, -0.2) is 8.42 Å². The Morgan fingerprint density at radius 1 is 1.47 bits per heavy atom. The highest BCUT2D eigenvalue weighted by molar-refractivity contribution is 7.90. The van der Waals surface area contributed by atoms with Crippen LogP contribution in [0.1, 0.15) is 26.2 Å². The third kappa shape index (κ3) is 8.44. The van der Waals surface area contributed by atoms with Gasteiger partial charge in [0.05, 0.1) is 5.75 Å². The number of amides is 1. The maximum atomic E-state index is 11.7. The lowest BCUT2D eigenvalue weighted by atomic mass is 9.85. The standard InChI is InChI=1S/C12H24N2O3S.ClH/c1-10(11-4-3-5-13-9-11)8-12(15)14-6-7-18(2,16)17;/h10-11,13H,3-9H2,1-2H3,(H,14,15);1H. The van der Waals surface area contributed by atoms with Gasteiger partial charge in [0.15, 0.2) is 0 Å². The van der Waals surface area contributed by atoms with Crippen molar-refractivity contribution in [1.82, 2.24) is 10.6 Å². The second kappa shape index (κ2) is 8.76. The molecule has 0 radical (unpaired) electrons. The van der Waals surface area contributed by atoms with E-state index in [9.17, 15) is 13.2 Å². The summed E-state index contributed by atoms with van der Waals surface area (Å²) in [7, 11) is -2.99. The van der Waals surface area contributed by atoms with E-state index in [2.05, 4.69) is 17.6 Å². The van der Waals surface area contributed by atoms with E-state index in [-0.39, 0.29) is 30.6 Å². The molecule has 0 saturated carbocycles. The van der Waals surface area contributed by atoms with Gasteiger partial charge in [-0.1, -0.05) is 6.92 Å². The summed E-state index contributed by atoms with van der Waals surface area (Å²) < 4.78 is 21.8. The predicted molar refractivity (Wildman–Crippen MR) is 79.3 cm³/mol. The molecule has 1 fully saturated rings. The lowest BCUT2D eigenvalue weighted by Gasteiger charge is -2.28. The van der Waals surface area contributed by atoms with E-state index >= 15 is 0 Å². The van der Waals surface area contributed by atoms with Crippen LogP contribution in [0.2, 0.25) is 0 Å². The van der Waals surface area contributed by atoms with Crippen LogP contribution in [0.25, 0.3) is 0 Å². The van der Waals surface area contributed by atoms with Crippen LogP contribution in [-0.2, 0) is 14.6 Å². The van der Waals surface area contributed by atoms with Crippen LogP contribution in [0, 0.1) is 11.8 Å². The molecule has 0 spiro atoms. The summed E-state index contributed by atoms with van der Waals surface area (Å²) in [5, 5.41) is 6.01. The highest BCUT2D eigenvalue weighted by Gasteiger charge is 2.21. The van der Waals surface area contributed by atoms with E-state index in [1.807, 2.05) is 0 Å². The van der Waals surface area contributed by atoms with Crippen LogP contribution >= 0.6 is 12.4 Å². The summed E-state index contributed by atoms with van der Waals surface area (Å²) in [6.07, 6.45) is 4.00. The molecule has 2 atom stereocenters. The molecular formula is C12H25ClN2O3S. The smallest absolute Gasteiger partial charge is 0.220 e. The number of carbonyl (C=O) groups excluding carboxylic acids is 1. The topological polar surface area (TPSA) is 75.3 Å². The summed E-state index contributed by atoms with van der Waals surface area (Å²) >= 11 is 0. The van der Waals surface area contributed by atoms with Crippen molar-refractivity contribution < 1.29 is 13.2 Å². The molecular weight excluding hydrogens is 288 g/mol. The van der Waals surface area contributed by atoms with Gasteiger partial charge in [0.2, 0.25) is 5.91 Å². The fourth-order valence-corrected chi connectivity index (χ4v) is 2.74. The number of piperidine rings is 1. The van der Waals surface area contributed by atoms with Gasteiger partial charge in [0, 0.05) is 19.2 Å². The number of rotatable bonds is 6. The van der Waals surface area contributed by atoms with Crippen LogP contribution < -0.4 is 10.6 Å². The fourth-order valence-electron chi connectivity index (χ4n) is 2.27. The van der Waals surface area contributed by atoms with Gasteiger partial charge in [-0.3, -0.25) is 4.79 Å². The van der Waals surface area contributed by atoms with Crippen LogP contribution in [0.5, 0.6) is 0 Å². The van der Waals surface area contributed by atoms with E-state index in [0.29, 0.717) is 18.3 Å². The second-order valence-electron chi connectivity index (χ2n) is 5.27. The molecule has 1 heterocycles. The zero-order valence-corrected chi connectivity index (χ0v) is 13.3. The van der Waals surface area contributed by atoms with E-state index in [4.69, 9.17) is 0 Å². The molecule has 1 amide bonds. The number of hydrogen-bond acceptors (Lipinski definition) is 4. The quantitative estimate of drug-likeness (QED) is 0.753. The van der Waals surface area contributed by atoms with Gasteiger partial charge < -0.3 is 10.6 Å². The van der Waals surface area contributed by atoms with Crippen LogP contribution in [-0.4, -0.2) is 46.0 Å². The molecule has 114 valence electrons. The summed E-state index contributed by atoms with van der Waals surface area (Å²) in [5.41, 5.74) is 0. The third-order valence-corrected chi connectivity index (χ3v) is 4.39. The van der Waals surface area contributed by atoms with E-state index in [1.165, 1.54) is 19.1 Å². The molecule has 2 unspecified atom stereocenters. The Balaban J connectivity index is 0.00000324. The van der Waals surface area contributed by atoms with Gasteiger partial charge >= 0.3 is 0 Å². The molecule has 2 N–H and O–H groups in total. The van der Waals surface area contributed by atoms with Gasteiger partial charge in [-0.2, -0.15) is 0 Å². The molecule has 1 rings (SSSR count). The SMILES string of the molecule is CC(CC(=O)NCCS(C)(=O)=O)C1CCCNC1.Cl. The molecule has 5 nitrogen and oxygen atoms in total. The Labute approximate surface area is 122 Å². The second-order valence-corrected chi connectivity index (χ2v) is 7.53. The van der Waals surface area contributed by atoms with Crippen molar-refractivity contribution in [2.45, 2.75) is 26.2 Å². The minimum absolute atomic E-state index is 0. The van der Waals surface area contributed by atoms with Crippen molar-refractivity contribution in [3.05, 3.63) is 0 Å². The minimum atomic E-state index is -2.99. The monoisotopic (exact) mass is 312 g/mol. The molecule has 1 saturated heterocycles. The van der Waals surface area contributed by atoms with Crippen molar-refractivity contribution >= 4 is 28.2 Å². The van der Waals surface area contributed by atoms with E-state index in [1.54, 1.807) is 0 Å². The first-order valence-electron chi connectivity index (χ1n) is 6.53. The van der Waals surface area contributed by atoms with Crippen molar-refractivity contribution in [1.29, 1.82) is 0 Å². The summed E-state index contributed by atoms with van der Waals surface area (Å²) in [6, 6.07) is 0. The molecule has 0 aromatic rings.